The molecule has 35 heavy (non-hydrogen) atoms. The number of nitrogens with one attached hydrogen (secondary N) is 1. The number of nitrogens with zero attached hydrogens (tertiary/aromatic N) is 3. The number of benzene rings is 1. The lowest BCUT2D eigenvalue weighted by atomic mass is 9.68. The first-order valence-electron chi connectivity index (χ1n) is 13.1. The van der Waals surface area contributed by atoms with Gasteiger partial charge in [-0.2, -0.15) is 0 Å². The van der Waals surface area contributed by atoms with E-state index < -0.39 is 0 Å². The lowest BCUT2D eigenvalue weighted by molar-refractivity contribution is -0.121. The fourth-order valence-corrected chi connectivity index (χ4v) is 6.17. The molecular formula is C27H42N4O4. The minimum atomic E-state index is -0.203. The highest BCUT2D eigenvalue weighted by atomic mass is 16.5. The Morgan fingerprint density at radius 3 is 2.46 bits per heavy atom. The van der Waals surface area contributed by atoms with Gasteiger partial charge in [0.1, 0.15) is 6.54 Å². The van der Waals surface area contributed by atoms with E-state index in [-0.39, 0.29) is 42.8 Å². The monoisotopic (exact) mass is 486 g/mol. The van der Waals surface area contributed by atoms with E-state index in [2.05, 4.69) is 59.5 Å². The molecular weight excluding hydrogens is 444 g/mol. The molecule has 2 saturated carbocycles. The van der Waals surface area contributed by atoms with Gasteiger partial charge < -0.3 is 25.0 Å². The molecule has 4 rings (SSSR count). The molecule has 0 aromatic heterocycles. The van der Waals surface area contributed by atoms with E-state index in [1.165, 1.54) is 24.8 Å². The third-order valence-corrected chi connectivity index (χ3v) is 8.54. The summed E-state index contributed by atoms with van der Waals surface area (Å²) in [7, 11) is 4.33. The fraction of sp³-hybridized carbons (Fsp3) is 0.704. The summed E-state index contributed by atoms with van der Waals surface area (Å²) in [5, 5.41) is 11.6. The van der Waals surface area contributed by atoms with Gasteiger partial charge in [0.05, 0.1) is 25.4 Å². The van der Waals surface area contributed by atoms with Gasteiger partial charge in [-0.3, -0.25) is 9.69 Å². The van der Waals surface area contributed by atoms with Crippen LogP contribution in [0.3, 0.4) is 0 Å². The quantitative estimate of drug-likeness (QED) is 0.469. The highest BCUT2D eigenvalue weighted by Crippen LogP contribution is 2.49. The van der Waals surface area contributed by atoms with E-state index in [9.17, 15) is 9.59 Å². The molecule has 1 aliphatic heterocycles. The van der Waals surface area contributed by atoms with E-state index in [0.29, 0.717) is 25.6 Å². The maximum atomic E-state index is 13.6. The summed E-state index contributed by atoms with van der Waals surface area (Å²) in [4.78, 5) is 32.4. The SMILES string of the molecule is CN(C)[C@]1(c2ccccc2)CC[C@@]2(CC1)CN(CC(=O)NCCOCCO)C(=O)N2CC1CCC1. The van der Waals surface area contributed by atoms with Crippen LogP contribution in [0.15, 0.2) is 30.3 Å². The van der Waals surface area contributed by atoms with Crippen molar-refractivity contribution in [2.45, 2.75) is 56.0 Å². The van der Waals surface area contributed by atoms with Gasteiger partial charge >= 0.3 is 6.03 Å². The Kier molecular flexibility index (Phi) is 8.34. The molecule has 3 fully saturated rings. The van der Waals surface area contributed by atoms with Crippen LogP contribution >= 0.6 is 0 Å². The number of amides is 3. The normalized spacial score (nSPS) is 27.0. The standard InChI is InChI=1S/C27H42N4O4/c1-29(2)27(23-9-4-3-5-10-23)13-11-26(12-14-27)21-30(20-24(33)28-15-17-35-18-16-32)25(34)31(26)19-22-7-6-8-22/h3-5,9-10,22,32H,6-8,11-21H2,1-2H3,(H,28,33)/t26-,27-. The highest BCUT2D eigenvalue weighted by Gasteiger charge is 2.55. The molecule has 1 aromatic rings. The molecule has 1 saturated heterocycles. The second-order valence-electron chi connectivity index (χ2n) is 10.7. The Bertz CT molecular complexity index is 850. The molecule has 3 aliphatic rings. The summed E-state index contributed by atoms with van der Waals surface area (Å²) in [6.45, 7) is 2.46. The van der Waals surface area contributed by atoms with Crippen molar-refractivity contribution in [2.75, 3.05) is 60.1 Å². The van der Waals surface area contributed by atoms with Crippen LogP contribution in [0.2, 0.25) is 0 Å². The van der Waals surface area contributed by atoms with E-state index in [0.717, 1.165) is 32.2 Å². The molecule has 0 bridgehead atoms. The number of carbonyl (C=O) groups is 2. The molecule has 1 heterocycles. The second kappa shape index (κ2) is 11.3. The van der Waals surface area contributed by atoms with E-state index >= 15 is 0 Å². The van der Waals surface area contributed by atoms with Crippen LogP contribution in [-0.4, -0.2) is 97.4 Å². The van der Waals surface area contributed by atoms with Crippen molar-refractivity contribution < 1.29 is 19.4 Å². The van der Waals surface area contributed by atoms with Gasteiger partial charge in [0.25, 0.3) is 0 Å². The predicted molar refractivity (Wildman–Crippen MR) is 135 cm³/mol. The van der Waals surface area contributed by atoms with Gasteiger partial charge in [-0.05, 0) is 64.1 Å². The van der Waals surface area contributed by atoms with Crippen molar-refractivity contribution in [3.8, 4) is 0 Å². The lowest BCUT2D eigenvalue weighted by Crippen LogP contribution is -2.56. The molecule has 2 N–H and O–H groups in total. The van der Waals surface area contributed by atoms with Crippen molar-refractivity contribution in [3.05, 3.63) is 35.9 Å². The van der Waals surface area contributed by atoms with Gasteiger partial charge in [0.15, 0.2) is 0 Å². The Hall–Kier alpha value is -2.16. The Labute approximate surface area is 209 Å². The van der Waals surface area contributed by atoms with Gasteiger partial charge in [-0.25, -0.2) is 4.79 Å². The zero-order valence-corrected chi connectivity index (χ0v) is 21.4. The minimum Gasteiger partial charge on any atom is -0.394 e. The second-order valence-corrected chi connectivity index (χ2v) is 10.7. The number of rotatable bonds is 11. The van der Waals surface area contributed by atoms with Gasteiger partial charge in [-0.15, -0.1) is 0 Å². The Balaban J connectivity index is 1.45. The number of urea groups is 1. The summed E-state index contributed by atoms with van der Waals surface area (Å²) >= 11 is 0. The Morgan fingerprint density at radius 2 is 1.86 bits per heavy atom. The molecule has 1 spiro atoms. The van der Waals surface area contributed by atoms with Crippen LogP contribution in [0.5, 0.6) is 0 Å². The van der Waals surface area contributed by atoms with Crippen molar-refractivity contribution in [1.82, 2.24) is 20.0 Å². The highest BCUT2D eigenvalue weighted by molar-refractivity contribution is 5.86. The molecule has 3 amide bonds. The summed E-state index contributed by atoms with van der Waals surface area (Å²) in [6, 6.07) is 10.8. The van der Waals surface area contributed by atoms with E-state index in [1.54, 1.807) is 4.90 Å². The molecule has 0 atom stereocenters. The largest absolute Gasteiger partial charge is 0.394 e. The topological polar surface area (TPSA) is 85.4 Å². The summed E-state index contributed by atoms with van der Waals surface area (Å²) in [5.74, 6) is 0.428. The van der Waals surface area contributed by atoms with Crippen LogP contribution in [0, 0.1) is 5.92 Å². The van der Waals surface area contributed by atoms with Crippen LogP contribution in [0.4, 0.5) is 4.79 Å². The molecule has 1 aromatic carbocycles. The van der Waals surface area contributed by atoms with E-state index in [1.807, 2.05) is 0 Å². The van der Waals surface area contributed by atoms with Crippen LogP contribution in [-0.2, 0) is 15.1 Å². The molecule has 194 valence electrons. The predicted octanol–water partition coefficient (Wildman–Crippen LogP) is 2.42. The van der Waals surface area contributed by atoms with Crippen molar-refractivity contribution >= 4 is 11.9 Å². The zero-order valence-electron chi connectivity index (χ0n) is 21.4. The zero-order chi connectivity index (χ0) is 24.9. The number of hydrogen-bond acceptors (Lipinski definition) is 5. The fourth-order valence-electron chi connectivity index (χ4n) is 6.17. The average molecular weight is 487 g/mol. The number of aliphatic hydroxyl groups excluding tert-OH is 1. The van der Waals surface area contributed by atoms with Crippen LogP contribution in [0.25, 0.3) is 0 Å². The van der Waals surface area contributed by atoms with Crippen molar-refractivity contribution in [2.24, 2.45) is 5.92 Å². The van der Waals surface area contributed by atoms with Gasteiger partial charge in [0, 0.05) is 25.2 Å². The number of ether oxygens (including phenoxy) is 1. The van der Waals surface area contributed by atoms with E-state index in [4.69, 9.17) is 9.84 Å². The molecule has 8 nitrogen and oxygen atoms in total. The molecule has 8 heteroatoms. The number of hydrogen-bond donors (Lipinski definition) is 2. The first-order valence-corrected chi connectivity index (χ1v) is 13.1. The first kappa shape index (κ1) is 25.9. The van der Waals surface area contributed by atoms with Gasteiger partial charge in [-0.1, -0.05) is 36.8 Å². The summed E-state index contributed by atoms with van der Waals surface area (Å²) in [5.41, 5.74) is 1.11. The van der Waals surface area contributed by atoms with Crippen molar-refractivity contribution in [1.29, 1.82) is 0 Å². The Morgan fingerprint density at radius 1 is 1.14 bits per heavy atom. The summed E-state index contributed by atoms with van der Waals surface area (Å²) in [6.07, 6.45) is 7.49. The van der Waals surface area contributed by atoms with Crippen LogP contribution in [0.1, 0.15) is 50.5 Å². The third-order valence-electron chi connectivity index (χ3n) is 8.54. The number of aliphatic hydroxyl groups is 1. The maximum absolute atomic E-state index is 13.6. The molecule has 0 unspecified atom stereocenters. The van der Waals surface area contributed by atoms with Crippen molar-refractivity contribution in [3.63, 3.8) is 0 Å². The molecule has 0 radical (unpaired) electrons. The summed E-state index contributed by atoms with van der Waals surface area (Å²) < 4.78 is 5.21. The maximum Gasteiger partial charge on any atom is 0.321 e. The van der Waals surface area contributed by atoms with Gasteiger partial charge in [0.2, 0.25) is 5.91 Å². The first-order chi connectivity index (χ1) is 16.9. The molecule has 2 aliphatic carbocycles. The third kappa shape index (κ3) is 5.49. The minimum absolute atomic E-state index is 0.0145. The van der Waals surface area contributed by atoms with Crippen LogP contribution < -0.4 is 5.32 Å². The lowest BCUT2D eigenvalue weighted by Gasteiger charge is -2.51. The number of carbonyl (C=O) groups excluding carboxylic acids is 2. The smallest absolute Gasteiger partial charge is 0.321 e. The average Bonchev–Trinajstić information content (AvgIpc) is 3.07.